The van der Waals surface area contributed by atoms with Crippen LogP contribution in [-0.4, -0.2) is 24.2 Å². The number of carboxylic acid groups (broad SMARTS) is 1. The molecule has 1 saturated heterocycles. The highest BCUT2D eigenvalue weighted by atomic mass is 16.4. The number of nitrogens with one attached hydrogen (secondary N) is 1. The fourth-order valence-electron chi connectivity index (χ4n) is 2.88. The Morgan fingerprint density at radius 3 is 2.27 bits per heavy atom. The number of carbonyl (C=O) groups is 1. The second kappa shape index (κ2) is 3.78. The minimum absolute atomic E-state index is 0.190. The first-order chi connectivity index (χ1) is 8.31. The van der Waals surface area contributed by atoms with Gasteiger partial charge >= 0.3 is 5.97 Å². The van der Waals surface area contributed by atoms with Gasteiger partial charge in [0.1, 0.15) is 0 Å². The lowest BCUT2D eigenvalue weighted by atomic mass is 9.61. The van der Waals surface area contributed by atoms with Gasteiger partial charge in [0.15, 0.2) is 0 Å². The van der Waals surface area contributed by atoms with E-state index < -0.39 is 18.2 Å². The summed E-state index contributed by atoms with van der Waals surface area (Å²) < 4.78 is 22.6. The van der Waals surface area contributed by atoms with Crippen LogP contribution >= 0.6 is 0 Å². The Morgan fingerprint density at radius 1 is 1.20 bits per heavy atom. The molecule has 0 unspecified atom stereocenters. The zero-order chi connectivity index (χ0) is 13.4. The third kappa shape index (κ3) is 2.03. The van der Waals surface area contributed by atoms with Crippen molar-refractivity contribution in [3.8, 4) is 0 Å². The van der Waals surface area contributed by atoms with Gasteiger partial charge in [0.25, 0.3) is 0 Å². The fraction of sp³-hybridized carbons (Fsp3) is 0.917. The first kappa shape index (κ1) is 7.66. The van der Waals surface area contributed by atoms with Crippen LogP contribution in [0.1, 0.15) is 49.5 Å². The lowest BCUT2D eigenvalue weighted by Gasteiger charge is -2.45. The molecule has 0 amide bonds. The van der Waals surface area contributed by atoms with Crippen molar-refractivity contribution in [1.82, 2.24) is 5.32 Å². The van der Waals surface area contributed by atoms with E-state index in [1.165, 1.54) is 0 Å². The average molecular weight is 214 g/mol. The van der Waals surface area contributed by atoms with Gasteiger partial charge in [-0.25, -0.2) is 0 Å². The van der Waals surface area contributed by atoms with Gasteiger partial charge in [0.05, 0.1) is 5.41 Å². The zero-order valence-corrected chi connectivity index (χ0v) is 9.01. The summed E-state index contributed by atoms with van der Waals surface area (Å²) in [7, 11) is 0. The molecule has 15 heavy (non-hydrogen) atoms. The normalized spacial score (nSPS) is 32.7. The molecular formula is C12H21NO2. The van der Waals surface area contributed by atoms with Gasteiger partial charge in [-0.1, -0.05) is 0 Å². The van der Waals surface area contributed by atoms with E-state index in [0.29, 0.717) is 12.8 Å². The summed E-state index contributed by atoms with van der Waals surface area (Å²) >= 11 is 0. The van der Waals surface area contributed by atoms with Crippen LogP contribution < -0.4 is 5.32 Å². The average Bonchev–Trinajstić information content (AvgIpc) is 2.29. The molecular weight excluding hydrogens is 190 g/mol. The molecule has 1 aliphatic heterocycles. The smallest absolute Gasteiger partial charge is 0.309 e. The highest BCUT2D eigenvalue weighted by Crippen LogP contribution is 2.49. The Bertz CT molecular complexity index is 325. The van der Waals surface area contributed by atoms with Crippen LogP contribution in [0.2, 0.25) is 0 Å². The SMILES string of the molecule is [2H]C([2H])([2H])C1(C(=O)O)CCC2(CCNCC2)CC1. The first-order valence-corrected chi connectivity index (χ1v) is 5.76. The third-order valence-electron chi connectivity index (χ3n) is 4.24. The van der Waals surface area contributed by atoms with E-state index in [4.69, 9.17) is 4.11 Å². The fourth-order valence-corrected chi connectivity index (χ4v) is 2.88. The maximum absolute atomic E-state index is 11.4. The van der Waals surface area contributed by atoms with Crippen molar-refractivity contribution in [3.63, 3.8) is 0 Å². The van der Waals surface area contributed by atoms with Crippen molar-refractivity contribution in [2.75, 3.05) is 13.1 Å². The second-order valence-corrected chi connectivity index (χ2v) is 5.14. The number of piperidine rings is 1. The molecule has 1 aliphatic carbocycles. The summed E-state index contributed by atoms with van der Waals surface area (Å²) in [5.74, 6) is -1.15. The summed E-state index contributed by atoms with van der Waals surface area (Å²) in [5, 5.41) is 12.6. The number of aliphatic carboxylic acids is 1. The highest BCUT2D eigenvalue weighted by molar-refractivity contribution is 5.74. The van der Waals surface area contributed by atoms with Crippen LogP contribution in [0, 0.1) is 10.8 Å². The minimum atomic E-state index is -2.40. The summed E-state index contributed by atoms with van der Waals surface area (Å²) in [6.45, 7) is -0.463. The molecule has 2 N–H and O–H groups in total. The summed E-state index contributed by atoms with van der Waals surface area (Å²) in [6, 6.07) is 0. The Morgan fingerprint density at radius 2 is 1.80 bits per heavy atom. The van der Waals surface area contributed by atoms with Crippen molar-refractivity contribution >= 4 is 5.97 Å². The van der Waals surface area contributed by atoms with Gasteiger partial charge in [-0.3, -0.25) is 4.79 Å². The number of carboxylic acids is 1. The monoisotopic (exact) mass is 214 g/mol. The van der Waals surface area contributed by atoms with Gasteiger partial charge in [0, 0.05) is 4.11 Å². The second-order valence-electron chi connectivity index (χ2n) is 5.14. The maximum atomic E-state index is 11.4. The van der Waals surface area contributed by atoms with Gasteiger partial charge in [-0.15, -0.1) is 0 Å². The predicted octanol–water partition coefficient (Wildman–Crippen LogP) is 2.02. The Hall–Kier alpha value is -0.570. The minimum Gasteiger partial charge on any atom is -0.481 e. The molecule has 1 heterocycles. The lowest BCUT2D eigenvalue weighted by Crippen LogP contribution is -2.43. The van der Waals surface area contributed by atoms with Gasteiger partial charge in [-0.2, -0.15) is 0 Å². The summed E-state index contributed by atoms with van der Waals surface area (Å²) in [5.41, 5.74) is -1.32. The maximum Gasteiger partial charge on any atom is 0.309 e. The molecule has 3 heteroatoms. The van der Waals surface area contributed by atoms with E-state index in [0.717, 1.165) is 38.8 Å². The molecule has 2 fully saturated rings. The zero-order valence-electron chi connectivity index (χ0n) is 12.0. The quantitative estimate of drug-likeness (QED) is 0.702. The predicted molar refractivity (Wildman–Crippen MR) is 58.7 cm³/mol. The van der Waals surface area contributed by atoms with Crippen molar-refractivity contribution < 1.29 is 14.0 Å². The van der Waals surface area contributed by atoms with E-state index in [-0.39, 0.29) is 5.41 Å². The Balaban J connectivity index is 2.14. The Kier molecular flexibility index (Phi) is 1.93. The molecule has 1 spiro atoms. The van der Waals surface area contributed by atoms with Crippen molar-refractivity contribution in [2.45, 2.75) is 45.4 Å². The van der Waals surface area contributed by atoms with Crippen molar-refractivity contribution in [1.29, 1.82) is 0 Å². The summed E-state index contributed by atoms with van der Waals surface area (Å²) in [6.07, 6.45) is 4.14. The molecule has 0 atom stereocenters. The molecule has 0 aromatic heterocycles. The Labute approximate surface area is 95.5 Å². The third-order valence-corrected chi connectivity index (χ3v) is 4.24. The van der Waals surface area contributed by atoms with Crippen LogP contribution in [0.3, 0.4) is 0 Å². The van der Waals surface area contributed by atoms with Crippen LogP contribution in [0.4, 0.5) is 0 Å². The van der Waals surface area contributed by atoms with Crippen LogP contribution in [0.25, 0.3) is 0 Å². The standard InChI is InChI=1S/C12H21NO2/c1-11(10(14)15)2-4-12(5-3-11)6-8-13-9-7-12/h13H,2-9H2,1H3,(H,14,15)/i1D3. The van der Waals surface area contributed by atoms with E-state index in [1.54, 1.807) is 0 Å². The van der Waals surface area contributed by atoms with Crippen LogP contribution in [-0.2, 0) is 4.79 Å². The summed E-state index contributed by atoms with van der Waals surface area (Å²) in [4.78, 5) is 11.4. The van der Waals surface area contributed by atoms with E-state index in [9.17, 15) is 9.90 Å². The van der Waals surface area contributed by atoms with Crippen molar-refractivity contribution in [2.24, 2.45) is 10.8 Å². The van der Waals surface area contributed by atoms with Crippen LogP contribution in [0.15, 0.2) is 0 Å². The topological polar surface area (TPSA) is 49.3 Å². The number of hydrogen-bond acceptors (Lipinski definition) is 2. The molecule has 2 rings (SSSR count). The first-order valence-electron chi connectivity index (χ1n) is 7.26. The van der Waals surface area contributed by atoms with E-state index >= 15 is 0 Å². The molecule has 0 aromatic carbocycles. The largest absolute Gasteiger partial charge is 0.481 e. The molecule has 1 saturated carbocycles. The molecule has 3 nitrogen and oxygen atoms in total. The van der Waals surface area contributed by atoms with Crippen LogP contribution in [0.5, 0.6) is 0 Å². The molecule has 0 radical (unpaired) electrons. The van der Waals surface area contributed by atoms with Gasteiger partial charge < -0.3 is 10.4 Å². The number of hydrogen-bond donors (Lipinski definition) is 2. The molecule has 86 valence electrons. The van der Waals surface area contributed by atoms with E-state index in [2.05, 4.69) is 5.32 Å². The van der Waals surface area contributed by atoms with Gasteiger partial charge in [-0.05, 0) is 63.9 Å². The highest BCUT2D eigenvalue weighted by Gasteiger charge is 2.44. The van der Waals surface area contributed by atoms with E-state index in [1.807, 2.05) is 0 Å². The lowest BCUT2D eigenvalue weighted by molar-refractivity contribution is -0.151. The van der Waals surface area contributed by atoms with Crippen molar-refractivity contribution in [3.05, 3.63) is 0 Å². The molecule has 0 aromatic rings. The molecule has 0 bridgehead atoms. The number of rotatable bonds is 1. The van der Waals surface area contributed by atoms with Gasteiger partial charge in [0.2, 0.25) is 0 Å². The molecule has 2 aliphatic rings.